The van der Waals surface area contributed by atoms with Crippen molar-refractivity contribution in [2.75, 3.05) is 6.61 Å². The molecule has 12 heteroatoms. The Hall–Kier alpha value is -3.83. The molecule has 3 heterocycles. The summed E-state index contributed by atoms with van der Waals surface area (Å²) in [5, 5.41) is 7.26. The summed E-state index contributed by atoms with van der Waals surface area (Å²) in [6.45, 7) is -0.473. The number of nitrogens with one attached hydrogen (secondary N) is 1. The highest BCUT2D eigenvalue weighted by Gasteiger charge is 2.54. The molecular formula is C25H26F3N5O4. The lowest BCUT2D eigenvalue weighted by molar-refractivity contribution is -0.139. The number of halogens is 3. The van der Waals surface area contributed by atoms with E-state index in [1.54, 1.807) is 36.7 Å². The number of nitrogens with zero attached hydrogens (tertiary/aromatic N) is 3. The van der Waals surface area contributed by atoms with Crippen molar-refractivity contribution < 1.29 is 32.2 Å². The van der Waals surface area contributed by atoms with E-state index in [1.165, 1.54) is 10.7 Å². The summed E-state index contributed by atoms with van der Waals surface area (Å²) in [6, 6.07) is 6.55. The highest BCUT2D eigenvalue weighted by Crippen LogP contribution is 2.56. The second-order valence-corrected chi connectivity index (χ2v) is 9.80. The summed E-state index contributed by atoms with van der Waals surface area (Å²) in [4.78, 5) is 28.3. The molecule has 0 aromatic carbocycles. The maximum absolute atomic E-state index is 12.6. The van der Waals surface area contributed by atoms with E-state index in [4.69, 9.17) is 15.2 Å². The molecule has 2 fully saturated rings. The van der Waals surface area contributed by atoms with Crippen LogP contribution in [0.4, 0.5) is 13.2 Å². The molecule has 37 heavy (non-hydrogen) atoms. The number of aromatic nitrogens is 3. The van der Waals surface area contributed by atoms with E-state index in [-0.39, 0.29) is 47.1 Å². The molecule has 0 saturated heterocycles. The van der Waals surface area contributed by atoms with Gasteiger partial charge in [0.05, 0.1) is 37.4 Å². The van der Waals surface area contributed by atoms with Gasteiger partial charge >= 0.3 is 6.18 Å². The Bertz CT molecular complexity index is 1310. The lowest BCUT2D eigenvalue weighted by Crippen LogP contribution is -2.59. The molecule has 0 bridgehead atoms. The number of primary amides is 1. The van der Waals surface area contributed by atoms with Crippen molar-refractivity contribution in [1.82, 2.24) is 19.9 Å². The molecule has 3 aromatic rings. The zero-order valence-electron chi connectivity index (χ0n) is 19.8. The first-order valence-corrected chi connectivity index (χ1v) is 12.0. The van der Waals surface area contributed by atoms with Crippen molar-refractivity contribution >= 4 is 17.3 Å². The summed E-state index contributed by atoms with van der Waals surface area (Å²) in [5.41, 5.74) is 7.18. The first kappa shape index (κ1) is 24.8. The molecule has 0 unspecified atom stereocenters. The van der Waals surface area contributed by atoms with Crippen LogP contribution in [-0.2, 0) is 11.2 Å². The fraction of sp³-hybridized carbons (Fsp3) is 0.440. The van der Waals surface area contributed by atoms with Gasteiger partial charge in [-0.1, -0.05) is 0 Å². The quantitative estimate of drug-likeness (QED) is 0.450. The minimum absolute atomic E-state index is 0.0363. The number of rotatable bonds is 9. The van der Waals surface area contributed by atoms with Gasteiger partial charge in [0.25, 0.3) is 5.91 Å². The third-order valence-corrected chi connectivity index (χ3v) is 6.93. The highest BCUT2D eigenvalue weighted by molar-refractivity contribution is 5.94. The number of pyridine rings is 2. The van der Waals surface area contributed by atoms with Gasteiger partial charge in [-0.15, -0.1) is 0 Å². The van der Waals surface area contributed by atoms with Crippen LogP contribution in [0.2, 0.25) is 0 Å². The molecule has 5 rings (SSSR count). The number of ether oxygens (including phenoxy) is 2. The second kappa shape index (κ2) is 9.56. The van der Waals surface area contributed by atoms with E-state index in [0.29, 0.717) is 11.1 Å². The van der Waals surface area contributed by atoms with Crippen molar-refractivity contribution in [2.45, 2.75) is 56.8 Å². The lowest BCUT2D eigenvalue weighted by Gasteiger charge is -2.57. The van der Waals surface area contributed by atoms with Gasteiger partial charge in [0.1, 0.15) is 17.4 Å². The van der Waals surface area contributed by atoms with Crippen LogP contribution < -0.4 is 20.5 Å². The zero-order chi connectivity index (χ0) is 26.2. The molecule has 2 amide bonds. The smallest absolute Gasteiger partial charge is 0.392 e. The molecule has 0 radical (unpaired) electrons. The summed E-state index contributed by atoms with van der Waals surface area (Å²) in [6.07, 6.45) is 2.79. The molecule has 0 atom stereocenters. The molecule has 9 nitrogen and oxygen atoms in total. The fourth-order valence-corrected chi connectivity index (χ4v) is 5.22. The van der Waals surface area contributed by atoms with Crippen LogP contribution in [-0.4, -0.2) is 51.3 Å². The molecular weight excluding hydrogens is 491 g/mol. The van der Waals surface area contributed by atoms with Crippen LogP contribution >= 0.6 is 0 Å². The highest BCUT2D eigenvalue weighted by atomic mass is 19.4. The lowest BCUT2D eigenvalue weighted by atomic mass is 9.53. The third kappa shape index (κ3) is 5.62. The SMILES string of the molecule is NC(=O)c1cccnc1OC1CC2(CC(NC(=O)Cc3cnn4cc(OCCC(F)(F)F)ccc34)C2)C1. The molecule has 3 N–H and O–H groups in total. The van der Waals surface area contributed by atoms with Crippen molar-refractivity contribution in [2.24, 2.45) is 11.1 Å². The minimum Gasteiger partial charge on any atom is -0.492 e. The summed E-state index contributed by atoms with van der Waals surface area (Å²) in [5.74, 6) is -0.170. The maximum Gasteiger partial charge on any atom is 0.392 e. The van der Waals surface area contributed by atoms with Gasteiger partial charge in [-0.2, -0.15) is 18.3 Å². The van der Waals surface area contributed by atoms with Gasteiger partial charge in [0.15, 0.2) is 0 Å². The van der Waals surface area contributed by atoms with Crippen LogP contribution in [0.3, 0.4) is 0 Å². The van der Waals surface area contributed by atoms with Crippen molar-refractivity contribution in [3.05, 3.63) is 54.0 Å². The largest absolute Gasteiger partial charge is 0.492 e. The van der Waals surface area contributed by atoms with Gasteiger partial charge < -0.3 is 20.5 Å². The number of nitrogens with two attached hydrogens (primary N) is 1. The monoisotopic (exact) mass is 517 g/mol. The topological polar surface area (TPSA) is 121 Å². The van der Waals surface area contributed by atoms with Crippen LogP contribution in [0.15, 0.2) is 42.9 Å². The fourth-order valence-electron chi connectivity index (χ4n) is 5.22. The number of hydrogen-bond donors (Lipinski definition) is 2. The molecule has 2 saturated carbocycles. The second-order valence-electron chi connectivity index (χ2n) is 9.80. The van der Waals surface area contributed by atoms with E-state index >= 15 is 0 Å². The number of amides is 2. The van der Waals surface area contributed by atoms with E-state index in [9.17, 15) is 22.8 Å². The molecule has 2 aliphatic rings. The van der Waals surface area contributed by atoms with E-state index < -0.39 is 25.1 Å². The summed E-state index contributed by atoms with van der Waals surface area (Å²) in [7, 11) is 0. The summed E-state index contributed by atoms with van der Waals surface area (Å²) >= 11 is 0. The van der Waals surface area contributed by atoms with Gasteiger partial charge in [-0.05, 0) is 55.4 Å². The Morgan fingerprint density at radius 2 is 1.97 bits per heavy atom. The van der Waals surface area contributed by atoms with Gasteiger partial charge in [-0.25, -0.2) is 9.50 Å². The Kier molecular flexibility index (Phi) is 6.42. The number of alkyl halides is 3. The average molecular weight is 518 g/mol. The van der Waals surface area contributed by atoms with Crippen molar-refractivity contribution in [3.63, 3.8) is 0 Å². The summed E-state index contributed by atoms with van der Waals surface area (Å²) < 4.78 is 49.4. The normalized spacial score (nSPS) is 22.8. The van der Waals surface area contributed by atoms with Crippen LogP contribution in [0.1, 0.15) is 48.0 Å². The number of carbonyl (C=O) groups excluding carboxylic acids is 2. The van der Waals surface area contributed by atoms with Crippen LogP contribution in [0.25, 0.3) is 5.52 Å². The van der Waals surface area contributed by atoms with Crippen molar-refractivity contribution in [1.29, 1.82) is 0 Å². The van der Waals surface area contributed by atoms with E-state index in [2.05, 4.69) is 15.4 Å². The Balaban J connectivity index is 1.07. The van der Waals surface area contributed by atoms with Gasteiger partial charge in [-0.3, -0.25) is 9.59 Å². The predicted molar refractivity (Wildman–Crippen MR) is 125 cm³/mol. The predicted octanol–water partition coefficient (Wildman–Crippen LogP) is 3.21. The maximum atomic E-state index is 12.6. The first-order valence-electron chi connectivity index (χ1n) is 12.0. The zero-order valence-corrected chi connectivity index (χ0v) is 19.8. The molecule has 196 valence electrons. The molecule has 3 aromatic heterocycles. The van der Waals surface area contributed by atoms with Crippen molar-refractivity contribution in [3.8, 4) is 11.6 Å². The van der Waals surface area contributed by atoms with Crippen LogP contribution in [0.5, 0.6) is 11.6 Å². The first-order chi connectivity index (χ1) is 17.6. The van der Waals surface area contributed by atoms with Gasteiger partial charge in [0, 0.05) is 17.8 Å². The molecule has 2 aliphatic carbocycles. The number of carbonyl (C=O) groups is 2. The van der Waals surface area contributed by atoms with E-state index in [1.807, 2.05) is 0 Å². The number of hydrogen-bond acceptors (Lipinski definition) is 6. The van der Waals surface area contributed by atoms with E-state index in [0.717, 1.165) is 25.7 Å². The molecule has 0 aliphatic heterocycles. The Morgan fingerprint density at radius 1 is 1.19 bits per heavy atom. The standard InChI is InChI=1S/C25H26F3N5O4/c26-25(27,28)5-7-36-17-3-4-20-15(13-31-33(20)14-17)8-21(34)32-16-9-24(10-16)11-18(12-24)37-23-19(22(29)35)2-1-6-30-23/h1-4,6,13-14,16,18H,5,7-12H2,(H2,29,35)(H,32,34). The average Bonchev–Trinajstić information content (AvgIpc) is 3.17. The Labute approximate surface area is 210 Å². The Morgan fingerprint density at radius 3 is 2.70 bits per heavy atom. The number of fused-ring (bicyclic) bond motifs is 1. The molecule has 1 spiro atoms. The minimum atomic E-state index is -4.28. The van der Waals surface area contributed by atoms with Crippen LogP contribution in [0, 0.1) is 5.41 Å². The third-order valence-electron chi connectivity index (χ3n) is 6.93. The van der Waals surface area contributed by atoms with Gasteiger partial charge in [0.2, 0.25) is 11.8 Å².